The maximum absolute atomic E-state index is 13.7. The summed E-state index contributed by atoms with van der Waals surface area (Å²) in [5.74, 6) is -0.160. The number of carbonyl (C=O) groups is 1. The largest absolute Gasteiger partial charge is 0.469 e. The van der Waals surface area contributed by atoms with Crippen LogP contribution in [0.1, 0.15) is 31.7 Å². The highest BCUT2D eigenvalue weighted by molar-refractivity contribution is 5.89. The highest BCUT2D eigenvalue weighted by Gasteiger charge is 2.30. The molecule has 164 valence electrons. The molecule has 3 heterocycles. The van der Waals surface area contributed by atoms with Gasteiger partial charge in [-0.05, 0) is 43.9 Å². The standard InChI is InChI=1S/C22H23N7O3/c1-32-22(31)11-3-6-14(7-4-11)29-20-18(19(24)25-10-26-20)28-17(21(29)30)16-8-12-2-5-13(23)9-15(12)27-16/h2,5,8-11,14,27H,3-4,6-7,23H2,1H3,(H2,24,25,26). The van der Waals surface area contributed by atoms with Gasteiger partial charge in [-0.15, -0.1) is 0 Å². The first-order chi connectivity index (χ1) is 15.5. The molecule has 0 spiro atoms. The molecule has 5 N–H and O–H groups in total. The SMILES string of the molecule is COC(=O)C1CCC(n2c(=O)c(-c3cc4ccc(N)cc4[nH]3)nc3c(N)ncnc32)CC1. The molecule has 0 radical (unpaired) electrons. The van der Waals surface area contributed by atoms with E-state index >= 15 is 0 Å². The molecule has 0 unspecified atom stereocenters. The first-order valence-electron chi connectivity index (χ1n) is 10.5. The van der Waals surface area contributed by atoms with Gasteiger partial charge in [-0.3, -0.25) is 14.2 Å². The van der Waals surface area contributed by atoms with Gasteiger partial charge in [-0.2, -0.15) is 0 Å². The number of H-pyrrole nitrogens is 1. The maximum atomic E-state index is 13.7. The second kappa shape index (κ2) is 7.63. The van der Waals surface area contributed by atoms with Crippen molar-refractivity contribution < 1.29 is 9.53 Å². The summed E-state index contributed by atoms with van der Waals surface area (Å²) in [5.41, 5.74) is 14.7. The summed E-state index contributed by atoms with van der Waals surface area (Å²) in [6.07, 6.45) is 3.89. The summed E-state index contributed by atoms with van der Waals surface area (Å²) < 4.78 is 6.54. The minimum atomic E-state index is -0.267. The van der Waals surface area contributed by atoms with E-state index in [9.17, 15) is 9.59 Å². The predicted molar refractivity (Wildman–Crippen MR) is 121 cm³/mol. The molecule has 5 rings (SSSR count). The van der Waals surface area contributed by atoms with Crippen molar-refractivity contribution in [1.29, 1.82) is 0 Å². The number of nitrogens with one attached hydrogen (secondary N) is 1. The Balaban J connectivity index is 1.65. The van der Waals surface area contributed by atoms with Crippen LogP contribution in [0.3, 0.4) is 0 Å². The topological polar surface area (TPSA) is 155 Å². The van der Waals surface area contributed by atoms with Gasteiger partial charge in [-0.25, -0.2) is 15.0 Å². The van der Waals surface area contributed by atoms with Crippen LogP contribution in [0.5, 0.6) is 0 Å². The van der Waals surface area contributed by atoms with Crippen molar-refractivity contribution in [3.63, 3.8) is 0 Å². The number of nitrogen functional groups attached to an aromatic ring is 2. The molecular weight excluding hydrogens is 410 g/mol. The summed E-state index contributed by atoms with van der Waals surface area (Å²) in [4.78, 5) is 41.8. The van der Waals surface area contributed by atoms with Gasteiger partial charge in [0.25, 0.3) is 5.56 Å². The molecule has 1 aliphatic rings. The fourth-order valence-electron chi connectivity index (χ4n) is 4.56. The van der Waals surface area contributed by atoms with Crippen LogP contribution in [0.4, 0.5) is 11.5 Å². The number of ether oxygens (including phenoxy) is 1. The van der Waals surface area contributed by atoms with Gasteiger partial charge in [-0.1, -0.05) is 6.07 Å². The molecule has 0 aliphatic heterocycles. The molecule has 0 saturated heterocycles. The third kappa shape index (κ3) is 3.24. The zero-order valence-electron chi connectivity index (χ0n) is 17.5. The van der Waals surface area contributed by atoms with Crippen molar-refractivity contribution in [2.75, 3.05) is 18.6 Å². The third-order valence-corrected chi connectivity index (χ3v) is 6.20. The van der Waals surface area contributed by atoms with Gasteiger partial charge in [0.2, 0.25) is 0 Å². The van der Waals surface area contributed by atoms with E-state index in [1.165, 1.54) is 13.4 Å². The van der Waals surface area contributed by atoms with Crippen molar-refractivity contribution in [3.05, 3.63) is 40.9 Å². The van der Waals surface area contributed by atoms with Crippen molar-refractivity contribution in [2.24, 2.45) is 5.92 Å². The molecule has 1 aliphatic carbocycles. The molecule has 1 aromatic carbocycles. The van der Waals surface area contributed by atoms with E-state index in [0.717, 1.165) is 10.9 Å². The number of nitrogens with two attached hydrogens (primary N) is 2. The Bertz CT molecular complexity index is 1400. The minimum absolute atomic E-state index is 0.137. The summed E-state index contributed by atoms with van der Waals surface area (Å²) in [7, 11) is 1.40. The fourth-order valence-corrected chi connectivity index (χ4v) is 4.56. The number of aromatic amines is 1. The lowest BCUT2D eigenvalue weighted by atomic mass is 9.86. The van der Waals surface area contributed by atoms with Crippen LogP contribution in [0.25, 0.3) is 33.5 Å². The van der Waals surface area contributed by atoms with Crippen LogP contribution in [-0.2, 0) is 9.53 Å². The zero-order chi connectivity index (χ0) is 22.4. The van der Waals surface area contributed by atoms with Gasteiger partial charge < -0.3 is 21.2 Å². The molecule has 32 heavy (non-hydrogen) atoms. The fraction of sp³-hybridized carbons (Fsp3) is 0.318. The smallest absolute Gasteiger partial charge is 0.308 e. The molecule has 0 atom stereocenters. The second-order valence-electron chi connectivity index (χ2n) is 8.12. The molecule has 4 aromatic rings. The van der Waals surface area contributed by atoms with E-state index < -0.39 is 0 Å². The van der Waals surface area contributed by atoms with E-state index in [-0.39, 0.29) is 35.0 Å². The Hall–Kier alpha value is -3.95. The number of carbonyl (C=O) groups excluding carboxylic acids is 1. The molecule has 1 fully saturated rings. The van der Waals surface area contributed by atoms with Crippen LogP contribution < -0.4 is 17.0 Å². The van der Waals surface area contributed by atoms with Gasteiger partial charge in [0.05, 0.1) is 18.7 Å². The number of methoxy groups -OCH3 is 1. The second-order valence-corrected chi connectivity index (χ2v) is 8.12. The van der Waals surface area contributed by atoms with Gasteiger partial charge in [0, 0.05) is 22.6 Å². The van der Waals surface area contributed by atoms with E-state index in [1.807, 2.05) is 18.2 Å². The summed E-state index contributed by atoms with van der Waals surface area (Å²) in [6.45, 7) is 0. The van der Waals surface area contributed by atoms with E-state index in [2.05, 4.69) is 19.9 Å². The number of aromatic nitrogens is 5. The molecule has 1 saturated carbocycles. The van der Waals surface area contributed by atoms with Crippen molar-refractivity contribution in [3.8, 4) is 11.4 Å². The van der Waals surface area contributed by atoms with Gasteiger partial charge >= 0.3 is 5.97 Å². The predicted octanol–water partition coefficient (Wildman–Crippen LogP) is 2.40. The van der Waals surface area contributed by atoms with E-state index in [1.54, 1.807) is 10.6 Å². The van der Waals surface area contributed by atoms with Crippen molar-refractivity contribution in [2.45, 2.75) is 31.7 Å². The molecule has 0 bridgehead atoms. The molecular formula is C22H23N7O3. The number of nitrogens with zero attached hydrogens (tertiary/aromatic N) is 4. The van der Waals surface area contributed by atoms with Crippen LogP contribution in [0, 0.1) is 5.92 Å². The number of benzene rings is 1. The minimum Gasteiger partial charge on any atom is -0.469 e. The average molecular weight is 433 g/mol. The summed E-state index contributed by atoms with van der Waals surface area (Å²) >= 11 is 0. The quantitative estimate of drug-likeness (QED) is 0.329. The van der Waals surface area contributed by atoms with Crippen molar-refractivity contribution >= 4 is 39.5 Å². The van der Waals surface area contributed by atoms with Gasteiger partial charge in [0.1, 0.15) is 11.8 Å². The number of rotatable bonds is 3. The lowest BCUT2D eigenvalue weighted by Gasteiger charge is -2.29. The molecule has 0 amide bonds. The lowest BCUT2D eigenvalue weighted by Crippen LogP contribution is -2.32. The highest BCUT2D eigenvalue weighted by atomic mass is 16.5. The van der Waals surface area contributed by atoms with E-state index in [4.69, 9.17) is 16.2 Å². The highest BCUT2D eigenvalue weighted by Crippen LogP contribution is 2.34. The third-order valence-electron chi connectivity index (χ3n) is 6.20. The number of hydrogen-bond acceptors (Lipinski definition) is 8. The maximum Gasteiger partial charge on any atom is 0.308 e. The normalized spacial score (nSPS) is 18.8. The zero-order valence-corrected chi connectivity index (χ0v) is 17.5. The Morgan fingerprint density at radius 2 is 1.94 bits per heavy atom. The molecule has 10 nitrogen and oxygen atoms in total. The van der Waals surface area contributed by atoms with Gasteiger partial charge in [0.15, 0.2) is 17.2 Å². The Kier molecular flexibility index (Phi) is 4.76. The summed E-state index contributed by atoms with van der Waals surface area (Å²) in [5, 5.41) is 0.915. The van der Waals surface area contributed by atoms with Crippen LogP contribution in [0.15, 0.2) is 35.4 Å². The first kappa shape index (κ1) is 20.0. The number of fused-ring (bicyclic) bond motifs is 2. The van der Waals surface area contributed by atoms with Crippen LogP contribution >= 0.6 is 0 Å². The Morgan fingerprint density at radius 3 is 2.69 bits per heavy atom. The van der Waals surface area contributed by atoms with E-state index in [0.29, 0.717) is 48.2 Å². The first-order valence-corrected chi connectivity index (χ1v) is 10.5. The van der Waals surface area contributed by atoms with Crippen molar-refractivity contribution in [1.82, 2.24) is 24.5 Å². The van der Waals surface area contributed by atoms with Crippen LogP contribution in [-0.4, -0.2) is 37.6 Å². The number of hydrogen-bond donors (Lipinski definition) is 3. The molecule has 3 aromatic heterocycles. The monoisotopic (exact) mass is 433 g/mol. The van der Waals surface area contributed by atoms with Crippen LogP contribution in [0.2, 0.25) is 0 Å². The Labute approximate surface area is 182 Å². The molecule has 10 heteroatoms. The Morgan fingerprint density at radius 1 is 1.16 bits per heavy atom. The average Bonchev–Trinajstić information content (AvgIpc) is 3.21. The summed E-state index contributed by atoms with van der Waals surface area (Å²) in [6, 6.07) is 7.22. The number of esters is 1. The lowest BCUT2D eigenvalue weighted by molar-refractivity contribution is -0.146. The number of anilines is 2.